The van der Waals surface area contributed by atoms with Crippen LogP contribution in [-0.4, -0.2) is 31.6 Å². The summed E-state index contributed by atoms with van der Waals surface area (Å²) in [6.45, 7) is 0.647. The van der Waals surface area contributed by atoms with E-state index in [1.165, 1.54) is 37.8 Å². The number of benzene rings is 2. The highest BCUT2D eigenvalue weighted by Crippen LogP contribution is 2.41. The third kappa shape index (κ3) is 4.16. The summed E-state index contributed by atoms with van der Waals surface area (Å²) in [4.78, 5) is 15.3. The van der Waals surface area contributed by atoms with Crippen LogP contribution in [0.25, 0.3) is 0 Å². The summed E-state index contributed by atoms with van der Waals surface area (Å²) >= 11 is 0. The maximum atomic E-state index is 13.6. The lowest BCUT2D eigenvalue weighted by atomic mass is 9.87. The highest BCUT2D eigenvalue weighted by atomic mass is 19.1. The van der Waals surface area contributed by atoms with Crippen LogP contribution in [0.5, 0.6) is 11.5 Å². The van der Waals surface area contributed by atoms with Crippen molar-refractivity contribution in [2.24, 2.45) is 5.92 Å². The third-order valence-corrected chi connectivity index (χ3v) is 6.62. The molecule has 4 nitrogen and oxygen atoms in total. The van der Waals surface area contributed by atoms with Gasteiger partial charge in [-0.15, -0.1) is 0 Å². The number of ether oxygens (including phenoxy) is 2. The van der Waals surface area contributed by atoms with E-state index in [1.54, 1.807) is 26.4 Å². The molecule has 0 radical (unpaired) electrons. The number of rotatable bonds is 6. The highest BCUT2D eigenvalue weighted by Gasteiger charge is 2.33. The van der Waals surface area contributed by atoms with E-state index in [4.69, 9.17) is 9.47 Å². The number of halogens is 1. The number of hydrogen-bond acceptors (Lipinski definition) is 3. The lowest BCUT2D eigenvalue weighted by Crippen LogP contribution is -2.40. The second-order valence-corrected chi connectivity index (χ2v) is 8.39. The number of fused-ring (bicyclic) bond motifs is 1. The monoisotopic (exact) mass is 411 g/mol. The molecule has 0 aromatic heterocycles. The fourth-order valence-corrected chi connectivity index (χ4v) is 4.99. The van der Waals surface area contributed by atoms with E-state index in [2.05, 4.69) is 0 Å². The van der Waals surface area contributed by atoms with Gasteiger partial charge in [-0.2, -0.15) is 0 Å². The molecule has 2 aromatic carbocycles. The first-order valence-corrected chi connectivity index (χ1v) is 10.9. The second-order valence-electron chi connectivity index (χ2n) is 8.39. The molecular formula is C25H30FNO3. The number of nitrogens with zero attached hydrogens (tertiary/aromatic N) is 1. The van der Waals surface area contributed by atoms with Gasteiger partial charge < -0.3 is 14.4 Å². The van der Waals surface area contributed by atoms with Crippen molar-refractivity contribution in [2.45, 2.75) is 51.0 Å². The summed E-state index contributed by atoms with van der Waals surface area (Å²) in [6, 6.07) is 10.2. The van der Waals surface area contributed by atoms with Gasteiger partial charge in [0.2, 0.25) is 5.91 Å². The maximum Gasteiger partial charge on any atom is 0.223 e. The van der Waals surface area contributed by atoms with Crippen molar-refractivity contribution < 1.29 is 18.7 Å². The van der Waals surface area contributed by atoms with Crippen LogP contribution in [0, 0.1) is 11.7 Å². The van der Waals surface area contributed by atoms with Gasteiger partial charge in [-0.1, -0.05) is 37.8 Å². The Morgan fingerprint density at radius 2 is 1.73 bits per heavy atom. The van der Waals surface area contributed by atoms with Gasteiger partial charge in [0.05, 0.1) is 20.3 Å². The van der Waals surface area contributed by atoms with Crippen molar-refractivity contribution in [1.29, 1.82) is 0 Å². The van der Waals surface area contributed by atoms with Crippen LogP contribution in [0.3, 0.4) is 0 Å². The average Bonchev–Trinajstić information content (AvgIpc) is 3.30. The Balaban J connectivity index is 1.68. The van der Waals surface area contributed by atoms with E-state index in [9.17, 15) is 9.18 Å². The molecule has 2 aliphatic rings. The van der Waals surface area contributed by atoms with Gasteiger partial charge in [0.15, 0.2) is 11.5 Å². The van der Waals surface area contributed by atoms with Crippen molar-refractivity contribution in [3.63, 3.8) is 0 Å². The first-order valence-electron chi connectivity index (χ1n) is 10.9. The van der Waals surface area contributed by atoms with Gasteiger partial charge in [-0.3, -0.25) is 4.79 Å². The fourth-order valence-electron chi connectivity index (χ4n) is 4.99. The summed E-state index contributed by atoms with van der Waals surface area (Å²) in [5, 5.41) is 0. The van der Waals surface area contributed by atoms with E-state index in [0.29, 0.717) is 30.4 Å². The Kier molecular flexibility index (Phi) is 6.26. The molecule has 1 fully saturated rings. The molecule has 0 bridgehead atoms. The molecule has 4 rings (SSSR count). The topological polar surface area (TPSA) is 38.8 Å². The molecule has 1 aliphatic carbocycles. The molecule has 0 saturated heterocycles. The Hall–Kier alpha value is -2.56. The summed E-state index contributed by atoms with van der Waals surface area (Å²) in [5.74, 6) is 1.91. The molecule has 30 heavy (non-hydrogen) atoms. The lowest BCUT2D eigenvalue weighted by molar-refractivity contribution is -0.133. The van der Waals surface area contributed by atoms with Gasteiger partial charge in [-0.05, 0) is 59.7 Å². The molecule has 1 aliphatic heterocycles. The van der Waals surface area contributed by atoms with Crippen LogP contribution < -0.4 is 9.47 Å². The SMILES string of the molecule is COc1cc2c(cc1OC)[C@H](c1ccc(F)cc1)N(C(=O)CCC1CCCC1)CC2. The van der Waals surface area contributed by atoms with E-state index >= 15 is 0 Å². The van der Waals surface area contributed by atoms with Crippen molar-refractivity contribution in [1.82, 2.24) is 4.90 Å². The van der Waals surface area contributed by atoms with Gasteiger partial charge in [0.1, 0.15) is 5.82 Å². The molecule has 1 saturated carbocycles. The maximum absolute atomic E-state index is 13.6. The zero-order valence-corrected chi connectivity index (χ0v) is 17.8. The molecule has 0 unspecified atom stereocenters. The summed E-state index contributed by atoms with van der Waals surface area (Å²) in [5.41, 5.74) is 3.08. The van der Waals surface area contributed by atoms with Gasteiger partial charge in [0, 0.05) is 13.0 Å². The van der Waals surface area contributed by atoms with E-state index in [-0.39, 0.29) is 17.8 Å². The number of methoxy groups -OCH3 is 2. The summed E-state index contributed by atoms with van der Waals surface area (Å²) in [7, 11) is 3.24. The number of carbonyl (C=O) groups excluding carboxylic acids is 1. The molecule has 0 N–H and O–H groups in total. The third-order valence-electron chi connectivity index (χ3n) is 6.62. The predicted octanol–water partition coefficient (Wildman–Crippen LogP) is 5.29. The molecular weight excluding hydrogens is 381 g/mol. The predicted molar refractivity (Wildman–Crippen MR) is 114 cm³/mol. The fraction of sp³-hybridized carbons (Fsp3) is 0.480. The second kappa shape index (κ2) is 9.07. The molecule has 1 atom stereocenters. The van der Waals surface area contributed by atoms with Crippen LogP contribution in [-0.2, 0) is 11.2 Å². The minimum Gasteiger partial charge on any atom is -0.493 e. The Bertz CT molecular complexity index is 890. The van der Waals surface area contributed by atoms with E-state index in [1.807, 2.05) is 17.0 Å². The van der Waals surface area contributed by atoms with E-state index < -0.39 is 0 Å². The van der Waals surface area contributed by atoms with Crippen LogP contribution in [0.2, 0.25) is 0 Å². The minimum atomic E-state index is -0.277. The molecule has 160 valence electrons. The molecule has 1 heterocycles. The Labute approximate surface area is 178 Å². The van der Waals surface area contributed by atoms with Crippen LogP contribution in [0.1, 0.15) is 61.3 Å². The van der Waals surface area contributed by atoms with Gasteiger partial charge in [-0.25, -0.2) is 4.39 Å². The first-order chi connectivity index (χ1) is 14.6. The van der Waals surface area contributed by atoms with Crippen LogP contribution in [0.4, 0.5) is 4.39 Å². The lowest BCUT2D eigenvalue weighted by Gasteiger charge is -2.38. The summed E-state index contributed by atoms with van der Waals surface area (Å²) < 4.78 is 24.6. The summed E-state index contributed by atoms with van der Waals surface area (Å²) in [6.07, 6.45) is 7.37. The van der Waals surface area contributed by atoms with Gasteiger partial charge in [0.25, 0.3) is 0 Å². The number of carbonyl (C=O) groups is 1. The molecule has 5 heteroatoms. The zero-order chi connectivity index (χ0) is 21.1. The molecule has 1 amide bonds. The smallest absolute Gasteiger partial charge is 0.223 e. The number of hydrogen-bond donors (Lipinski definition) is 0. The standard InChI is InChI=1S/C25H30FNO3/c1-29-22-15-19-13-14-27(24(28)12-7-17-5-3-4-6-17)25(21(19)16-23(22)30-2)18-8-10-20(26)11-9-18/h8-11,15-17,25H,3-7,12-14H2,1-2H3/t25-/m0/s1. The van der Waals surface area contributed by atoms with Crippen molar-refractivity contribution in [3.8, 4) is 11.5 Å². The molecule has 2 aromatic rings. The van der Waals surface area contributed by atoms with Crippen LogP contribution >= 0.6 is 0 Å². The minimum absolute atomic E-state index is 0.177. The van der Waals surface area contributed by atoms with Crippen LogP contribution in [0.15, 0.2) is 36.4 Å². The zero-order valence-electron chi connectivity index (χ0n) is 17.8. The largest absolute Gasteiger partial charge is 0.493 e. The van der Waals surface area contributed by atoms with Gasteiger partial charge >= 0.3 is 0 Å². The van der Waals surface area contributed by atoms with Crippen molar-refractivity contribution in [2.75, 3.05) is 20.8 Å². The average molecular weight is 412 g/mol. The highest BCUT2D eigenvalue weighted by molar-refractivity contribution is 5.78. The van der Waals surface area contributed by atoms with Crippen molar-refractivity contribution in [3.05, 3.63) is 58.9 Å². The Morgan fingerprint density at radius 3 is 2.40 bits per heavy atom. The normalized spacial score (nSPS) is 18.9. The van der Waals surface area contributed by atoms with Crippen molar-refractivity contribution >= 4 is 5.91 Å². The van der Waals surface area contributed by atoms with E-state index in [0.717, 1.165) is 29.5 Å². The Morgan fingerprint density at radius 1 is 1.07 bits per heavy atom. The molecule has 0 spiro atoms. The first kappa shape index (κ1) is 20.7. The quantitative estimate of drug-likeness (QED) is 0.649. The number of amides is 1.